The second-order valence-electron chi connectivity index (χ2n) is 11.4. The second kappa shape index (κ2) is 13.6. The highest BCUT2D eigenvalue weighted by Gasteiger charge is 2.30. The van der Waals surface area contributed by atoms with E-state index in [9.17, 15) is 4.79 Å². The summed E-state index contributed by atoms with van der Waals surface area (Å²) in [5.74, 6) is 0.395. The summed E-state index contributed by atoms with van der Waals surface area (Å²) < 4.78 is 12.0. The first kappa shape index (κ1) is 29.9. The smallest absolute Gasteiger partial charge is 0.259 e. The highest BCUT2D eigenvalue weighted by Crippen LogP contribution is 2.32. The summed E-state index contributed by atoms with van der Waals surface area (Å²) in [6.07, 6.45) is 2.29. The maximum atomic E-state index is 13.7. The molecule has 0 radical (unpaired) electrons. The molecular formula is C35H36ClN5O3. The van der Waals surface area contributed by atoms with Gasteiger partial charge in [-0.25, -0.2) is 0 Å². The monoisotopic (exact) mass is 609 g/mol. The van der Waals surface area contributed by atoms with E-state index in [2.05, 4.69) is 45.3 Å². The molecule has 3 heterocycles. The van der Waals surface area contributed by atoms with Gasteiger partial charge in [-0.1, -0.05) is 59.2 Å². The fourth-order valence-corrected chi connectivity index (χ4v) is 6.24. The van der Waals surface area contributed by atoms with Crippen molar-refractivity contribution in [2.45, 2.75) is 32.5 Å². The van der Waals surface area contributed by atoms with Crippen LogP contribution in [0.4, 0.5) is 5.69 Å². The maximum absolute atomic E-state index is 13.7. The molecule has 0 aliphatic carbocycles. The van der Waals surface area contributed by atoms with E-state index in [0.29, 0.717) is 59.4 Å². The van der Waals surface area contributed by atoms with Crippen molar-refractivity contribution in [1.82, 2.24) is 15.0 Å². The van der Waals surface area contributed by atoms with Crippen molar-refractivity contribution < 1.29 is 14.1 Å². The van der Waals surface area contributed by atoms with Gasteiger partial charge in [0.2, 0.25) is 0 Å². The minimum Gasteiger partial charge on any atom is -0.372 e. The van der Waals surface area contributed by atoms with Crippen LogP contribution in [-0.2, 0) is 11.3 Å². The normalized spacial score (nSPS) is 16.2. The first-order chi connectivity index (χ1) is 21.5. The molecule has 8 nitrogen and oxygen atoms in total. The minimum atomic E-state index is -0.150. The number of nitrogens with zero attached hydrogens (tertiary/aromatic N) is 5. The average molecular weight is 610 g/mol. The molecule has 2 saturated heterocycles. The highest BCUT2D eigenvalue weighted by atomic mass is 35.5. The summed E-state index contributed by atoms with van der Waals surface area (Å²) in [6, 6.07) is 25.8. The van der Waals surface area contributed by atoms with Gasteiger partial charge < -0.3 is 19.1 Å². The molecule has 1 atom stereocenters. The predicted molar refractivity (Wildman–Crippen MR) is 171 cm³/mol. The fourth-order valence-electron chi connectivity index (χ4n) is 6.01. The van der Waals surface area contributed by atoms with Crippen molar-refractivity contribution >= 4 is 23.2 Å². The Balaban J connectivity index is 1.15. The van der Waals surface area contributed by atoms with Crippen molar-refractivity contribution in [2.24, 2.45) is 0 Å². The van der Waals surface area contributed by atoms with Gasteiger partial charge in [0.1, 0.15) is 17.0 Å². The molecule has 0 bridgehead atoms. The van der Waals surface area contributed by atoms with Crippen LogP contribution in [0.5, 0.6) is 0 Å². The molecule has 0 saturated carbocycles. The van der Waals surface area contributed by atoms with Crippen LogP contribution in [0.1, 0.15) is 51.8 Å². The summed E-state index contributed by atoms with van der Waals surface area (Å²) in [6.45, 7) is 7.70. The molecule has 2 fully saturated rings. The lowest BCUT2D eigenvalue weighted by molar-refractivity contribution is 0.00343. The van der Waals surface area contributed by atoms with Crippen LogP contribution in [0.2, 0.25) is 5.02 Å². The largest absolute Gasteiger partial charge is 0.372 e. The Labute approximate surface area is 263 Å². The van der Waals surface area contributed by atoms with Crippen LogP contribution >= 0.6 is 11.6 Å². The Morgan fingerprint density at radius 2 is 1.75 bits per heavy atom. The number of hydrogen-bond donors (Lipinski definition) is 0. The van der Waals surface area contributed by atoms with E-state index < -0.39 is 0 Å². The first-order valence-electron chi connectivity index (χ1n) is 15.2. The molecule has 1 unspecified atom stereocenters. The number of hydrogen-bond acceptors (Lipinski definition) is 7. The van der Waals surface area contributed by atoms with Crippen LogP contribution < -0.4 is 4.90 Å². The standard InChI is InChI=1S/C35H36ClN5O3/c1-25-33(34(38-44-25)30-9-2-3-10-31(30)36)35(42)41-19-17-39(18-20-41)23-32(43-24-27-13-11-26(22-37)12-14-27)28-7-6-8-29(21-28)40-15-4-5-16-40/h2-3,6-14,21,32H,4-5,15-20,23-24H2,1H3. The predicted octanol–water partition coefficient (Wildman–Crippen LogP) is 6.49. The summed E-state index contributed by atoms with van der Waals surface area (Å²) in [4.78, 5) is 20.4. The quantitative estimate of drug-likeness (QED) is 0.214. The Kier molecular flexibility index (Phi) is 9.27. The second-order valence-corrected chi connectivity index (χ2v) is 11.8. The minimum absolute atomic E-state index is 0.0924. The molecular weight excluding hydrogens is 574 g/mol. The number of benzene rings is 3. The van der Waals surface area contributed by atoms with E-state index in [1.165, 1.54) is 18.5 Å². The third-order valence-electron chi connectivity index (χ3n) is 8.54. The molecule has 6 rings (SSSR count). The number of aryl methyl sites for hydroxylation is 1. The fraction of sp³-hybridized carbons (Fsp3) is 0.343. The number of nitriles is 1. The maximum Gasteiger partial charge on any atom is 0.259 e. The van der Waals surface area contributed by atoms with E-state index in [0.717, 1.165) is 37.3 Å². The number of amides is 1. The SMILES string of the molecule is Cc1onc(-c2ccccc2Cl)c1C(=O)N1CCN(CC(OCc2ccc(C#N)cc2)c2cccc(N3CCCC3)c2)CC1. The lowest BCUT2D eigenvalue weighted by Crippen LogP contribution is -2.49. The molecule has 44 heavy (non-hydrogen) atoms. The Morgan fingerprint density at radius 3 is 2.48 bits per heavy atom. The molecule has 226 valence electrons. The Morgan fingerprint density at radius 1 is 1.00 bits per heavy atom. The van der Waals surface area contributed by atoms with Gasteiger partial charge in [-0.05, 0) is 61.2 Å². The van der Waals surface area contributed by atoms with E-state index in [4.69, 9.17) is 26.1 Å². The molecule has 9 heteroatoms. The van der Waals surface area contributed by atoms with E-state index >= 15 is 0 Å². The third-order valence-corrected chi connectivity index (χ3v) is 8.87. The number of halogens is 1. The van der Waals surface area contributed by atoms with Crippen molar-refractivity contribution in [1.29, 1.82) is 5.26 Å². The van der Waals surface area contributed by atoms with Gasteiger partial charge in [0.25, 0.3) is 5.91 Å². The molecule has 1 amide bonds. The number of ether oxygens (including phenoxy) is 1. The Bertz CT molecular complexity index is 1630. The van der Waals surface area contributed by atoms with Gasteiger partial charge in [0.15, 0.2) is 0 Å². The van der Waals surface area contributed by atoms with Crippen molar-refractivity contribution in [3.63, 3.8) is 0 Å². The van der Waals surface area contributed by atoms with Crippen molar-refractivity contribution in [3.8, 4) is 17.3 Å². The number of anilines is 1. The molecule has 0 spiro atoms. The molecule has 1 aromatic heterocycles. The van der Waals surface area contributed by atoms with Gasteiger partial charge >= 0.3 is 0 Å². The Hall–Kier alpha value is -4.16. The van der Waals surface area contributed by atoms with Crippen molar-refractivity contribution in [3.05, 3.63) is 106 Å². The van der Waals surface area contributed by atoms with Gasteiger partial charge in [-0.3, -0.25) is 9.69 Å². The topological polar surface area (TPSA) is 85.8 Å². The van der Waals surface area contributed by atoms with Gasteiger partial charge in [-0.2, -0.15) is 5.26 Å². The summed E-state index contributed by atoms with van der Waals surface area (Å²) in [5.41, 5.74) is 5.68. The van der Waals surface area contributed by atoms with Crippen LogP contribution in [0.3, 0.4) is 0 Å². The zero-order valence-corrected chi connectivity index (χ0v) is 25.7. The van der Waals surface area contributed by atoms with Crippen LogP contribution in [0, 0.1) is 18.3 Å². The zero-order chi connectivity index (χ0) is 30.5. The van der Waals surface area contributed by atoms with E-state index in [1.54, 1.807) is 13.0 Å². The zero-order valence-electron chi connectivity index (χ0n) is 24.9. The molecule has 0 N–H and O–H groups in total. The van der Waals surface area contributed by atoms with E-state index in [1.807, 2.05) is 47.4 Å². The van der Waals surface area contributed by atoms with E-state index in [-0.39, 0.29) is 12.0 Å². The van der Waals surface area contributed by atoms with Crippen LogP contribution in [0.15, 0.2) is 77.3 Å². The van der Waals surface area contributed by atoms with Crippen molar-refractivity contribution in [2.75, 3.05) is 50.7 Å². The van der Waals surface area contributed by atoms with Gasteiger partial charge in [0, 0.05) is 57.1 Å². The molecule has 2 aliphatic rings. The summed E-state index contributed by atoms with van der Waals surface area (Å²) >= 11 is 6.43. The number of aromatic nitrogens is 1. The van der Waals surface area contributed by atoms with Crippen LogP contribution in [0.25, 0.3) is 11.3 Å². The number of piperazine rings is 1. The molecule has 2 aliphatic heterocycles. The summed E-state index contributed by atoms with van der Waals surface area (Å²) in [5, 5.41) is 13.9. The number of carbonyl (C=O) groups excluding carboxylic acids is 1. The molecule has 4 aromatic rings. The van der Waals surface area contributed by atoms with Crippen LogP contribution in [-0.4, -0.2) is 66.7 Å². The van der Waals surface area contributed by atoms with Gasteiger partial charge in [0.05, 0.1) is 29.4 Å². The summed E-state index contributed by atoms with van der Waals surface area (Å²) in [7, 11) is 0. The number of carbonyl (C=O) groups is 1. The first-order valence-corrected chi connectivity index (χ1v) is 15.6. The average Bonchev–Trinajstić information content (AvgIpc) is 3.74. The highest BCUT2D eigenvalue weighted by molar-refractivity contribution is 6.33. The van der Waals surface area contributed by atoms with Gasteiger partial charge in [-0.15, -0.1) is 0 Å². The lowest BCUT2D eigenvalue weighted by atomic mass is 10.0. The molecule has 3 aromatic carbocycles. The third kappa shape index (κ3) is 6.66. The lowest BCUT2D eigenvalue weighted by Gasteiger charge is -2.36. The number of rotatable bonds is 9.